The summed E-state index contributed by atoms with van der Waals surface area (Å²) >= 11 is 0. The molecule has 1 amide bonds. The Hall–Kier alpha value is -0.570. The highest BCUT2D eigenvalue weighted by Gasteiger charge is 2.53. The van der Waals surface area contributed by atoms with Gasteiger partial charge in [0.25, 0.3) is 0 Å². The molecule has 1 aliphatic heterocycles. The van der Waals surface area contributed by atoms with Crippen molar-refractivity contribution in [3.63, 3.8) is 0 Å². The summed E-state index contributed by atoms with van der Waals surface area (Å²) in [5, 5.41) is 6.99. The smallest absolute Gasteiger partial charge is 0.241 e. The Bertz CT molecular complexity index is 288. The lowest BCUT2D eigenvalue weighted by molar-refractivity contribution is -0.125. The van der Waals surface area contributed by atoms with Gasteiger partial charge in [-0.2, -0.15) is 0 Å². The molecule has 16 heavy (non-hydrogen) atoms. The minimum atomic E-state index is -0.199. The Kier molecular flexibility index (Phi) is 2.46. The van der Waals surface area contributed by atoms with Crippen molar-refractivity contribution in [2.45, 2.75) is 75.4 Å². The van der Waals surface area contributed by atoms with Gasteiger partial charge >= 0.3 is 0 Å². The first-order valence-electron chi connectivity index (χ1n) is 6.87. The van der Waals surface area contributed by atoms with Crippen molar-refractivity contribution in [3.05, 3.63) is 0 Å². The van der Waals surface area contributed by atoms with Gasteiger partial charge in [0.2, 0.25) is 5.91 Å². The molecule has 2 aliphatic carbocycles. The van der Waals surface area contributed by atoms with E-state index in [0.717, 1.165) is 25.7 Å². The lowest BCUT2D eigenvalue weighted by Crippen LogP contribution is -2.55. The normalized spacial score (nSPS) is 31.9. The predicted molar refractivity (Wildman–Crippen MR) is 62.9 cm³/mol. The maximum atomic E-state index is 12.3. The van der Waals surface area contributed by atoms with Crippen LogP contribution in [0.1, 0.15) is 64.2 Å². The van der Waals surface area contributed by atoms with E-state index < -0.39 is 0 Å². The van der Waals surface area contributed by atoms with Crippen LogP contribution in [-0.4, -0.2) is 17.1 Å². The van der Waals surface area contributed by atoms with Gasteiger partial charge in [0, 0.05) is 0 Å². The molecule has 0 aromatic carbocycles. The van der Waals surface area contributed by atoms with Crippen molar-refractivity contribution in [3.8, 4) is 0 Å². The number of hydrogen-bond acceptors (Lipinski definition) is 2. The molecule has 3 aliphatic rings. The van der Waals surface area contributed by atoms with E-state index in [9.17, 15) is 4.79 Å². The average molecular weight is 222 g/mol. The number of rotatable bonds is 0. The average Bonchev–Trinajstić information content (AvgIpc) is 2.54. The standard InChI is InChI=1S/C13H22N2O/c16-11-12(7-3-1-4-8-12)15-13(14-11)9-5-2-6-10-13/h15H,1-10H2,(H,14,16). The largest absolute Gasteiger partial charge is 0.336 e. The Morgan fingerprint density at radius 3 is 2.00 bits per heavy atom. The fourth-order valence-corrected chi connectivity index (χ4v) is 3.80. The second-order valence-electron chi connectivity index (χ2n) is 5.86. The number of amides is 1. The van der Waals surface area contributed by atoms with E-state index in [1.807, 2.05) is 0 Å². The maximum Gasteiger partial charge on any atom is 0.241 e. The fourth-order valence-electron chi connectivity index (χ4n) is 3.80. The zero-order valence-electron chi connectivity index (χ0n) is 9.98. The molecule has 0 unspecified atom stereocenters. The number of nitrogens with one attached hydrogen (secondary N) is 2. The first kappa shape index (κ1) is 10.6. The van der Waals surface area contributed by atoms with E-state index in [4.69, 9.17) is 0 Å². The van der Waals surface area contributed by atoms with E-state index in [2.05, 4.69) is 10.6 Å². The van der Waals surface area contributed by atoms with Crippen molar-refractivity contribution in [2.75, 3.05) is 0 Å². The Labute approximate surface area is 97.4 Å². The Balaban J connectivity index is 1.80. The van der Waals surface area contributed by atoms with Crippen molar-refractivity contribution in [1.82, 2.24) is 10.6 Å². The van der Waals surface area contributed by atoms with Crippen LogP contribution in [0.4, 0.5) is 0 Å². The molecule has 0 aromatic heterocycles. The van der Waals surface area contributed by atoms with Crippen LogP contribution < -0.4 is 10.6 Å². The van der Waals surface area contributed by atoms with Gasteiger partial charge in [-0.3, -0.25) is 10.1 Å². The Morgan fingerprint density at radius 1 is 0.812 bits per heavy atom. The van der Waals surface area contributed by atoms with Crippen molar-refractivity contribution in [2.24, 2.45) is 0 Å². The van der Waals surface area contributed by atoms with Crippen molar-refractivity contribution < 1.29 is 4.79 Å². The van der Waals surface area contributed by atoms with Crippen LogP contribution in [0.3, 0.4) is 0 Å². The van der Waals surface area contributed by atoms with Gasteiger partial charge in [0.1, 0.15) is 0 Å². The number of carbonyl (C=O) groups excluding carboxylic acids is 1. The molecular weight excluding hydrogens is 200 g/mol. The van der Waals surface area contributed by atoms with Gasteiger partial charge < -0.3 is 5.32 Å². The van der Waals surface area contributed by atoms with Crippen LogP contribution in [-0.2, 0) is 4.79 Å². The highest BCUT2D eigenvalue weighted by atomic mass is 16.2. The van der Waals surface area contributed by atoms with Gasteiger partial charge in [-0.15, -0.1) is 0 Å². The SMILES string of the molecule is O=C1NC2(CCCCC2)NC12CCCCC2. The summed E-state index contributed by atoms with van der Waals surface area (Å²) in [5.41, 5.74) is -0.234. The van der Waals surface area contributed by atoms with Crippen molar-refractivity contribution >= 4 is 5.91 Å². The number of carbonyl (C=O) groups is 1. The van der Waals surface area contributed by atoms with Gasteiger partial charge in [-0.25, -0.2) is 0 Å². The molecule has 90 valence electrons. The molecule has 2 spiro atoms. The van der Waals surface area contributed by atoms with Crippen LogP contribution in [0.5, 0.6) is 0 Å². The fraction of sp³-hybridized carbons (Fsp3) is 0.923. The molecule has 3 rings (SSSR count). The molecule has 3 heteroatoms. The lowest BCUT2D eigenvalue weighted by atomic mass is 9.81. The summed E-state index contributed by atoms with van der Waals surface area (Å²) in [6, 6.07) is 0. The lowest BCUT2D eigenvalue weighted by Gasteiger charge is -2.37. The molecule has 1 saturated heterocycles. The second-order valence-corrected chi connectivity index (χ2v) is 5.86. The minimum Gasteiger partial charge on any atom is -0.336 e. The zero-order valence-corrected chi connectivity index (χ0v) is 9.98. The van der Waals surface area contributed by atoms with Crippen LogP contribution in [0.25, 0.3) is 0 Å². The van der Waals surface area contributed by atoms with E-state index in [-0.39, 0.29) is 17.1 Å². The minimum absolute atomic E-state index is 0.0350. The van der Waals surface area contributed by atoms with Gasteiger partial charge in [-0.1, -0.05) is 25.7 Å². The molecule has 3 nitrogen and oxygen atoms in total. The van der Waals surface area contributed by atoms with E-state index in [1.165, 1.54) is 38.5 Å². The first-order chi connectivity index (χ1) is 7.75. The highest BCUT2D eigenvalue weighted by molar-refractivity contribution is 5.89. The van der Waals surface area contributed by atoms with Crippen LogP contribution in [0.15, 0.2) is 0 Å². The quantitative estimate of drug-likeness (QED) is 0.659. The Morgan fingerprint density at radius 2 is 1.38 bits per heavy atom. The molecule has 0 bridgehead atoms. The topological polar surface area (TPSA) is 41.1 Å². The highest BCUT2D eigenvalue weighted by Crippen LogP contribution is 2.38. The molecule has 0 radical (unpaired) electrons. The molecule has 2 N–H and O–H groups in total. The predicted octanol–water partition coefficient (Wildman–Crippen LogP) is 2.07. The summed E-state index contributed by atoms with van der Waals surface area (Å²) in [7, 11) is 0. The van der Waals surface area contributed by atoms with Crippen LogP contribution in [0, 0.1) is 0 Å². The summed E-state index contributed by atoms with van der Waals surface area (Å²) in [5.74, 6) is 0.286. The molecular formula is C13H22N2O. The van der Waals surface area contributed by atoms with E-state index in [0.29, 0.717) is 0 Å². The van der Waals surface area contributed by atoms with Gasteiger partial charge in [0.05, 0.1) is 11.2 Å². The summed E-state index contributed by atoms with van der Waals surface area (Å²) in [6.07, 6.45) is 11.9. The van der Waals surface area contributed by atoms with Crippen molar-refractivity contribution in [1.29, 1.82) is 0 Å². The summed E-state index contributed by atoms with van der Waals surface area (Å²) < 4.78 is 0. The molecule has 0 atom stereocenters. The molecule has 0 aromatic rings. The number of hydrogen-bond donors (Lipinski definition) is 2. The maximum absolute atomic E-state index is 12.3. The van der Waals surface area contributed by atoms with E-state index in [1.54, 1.807) is 0 Å². The van der Waals surface area contributed by atoms with Gasteiger partial charge in [0.15, 0.2) is 0 Å². The third-order valence-electron chi connectivity index (χ3n) is 4.68. The van der Waals surface area contributed by atoms with Gasteiger partial charge in [-0.05, 0) is 38.5 Å². The van der Waals surface area contributed by atoms with Crippen LogP contribution in [0.2, 0.25) is 0 Å². The second kappa shape index (κ2) is 3.73. The monoisotopic (exact) mass is 222 g/mol. The molecule has 3 fully saturated rings. The summed E-state index contributed by atoms with van der Waals surface area (Å²) in [4.78, 5) is 12.3. The zero-order chi connectivity index (χ0) is 11.1. The van der Waals surface area contributed by atoms with Crippen LogP contribution >= 0.6 is 0 Å². The molecule has 2 saturated carbocycles. The third-order valence-corrected chi connectivity index (χ3v) is 4.68. The summed E-state index contributed by atoms with van der Waals surface area (Å²) in [6.45, 7) is 0. The third kappa shape index (κ3) is 1.56. The molecule has 1 heterocycles. The van der Waals surface area contributed by atoms with E-state index >= 15 is 0 Å². The first-order valence-corrected chi connectivity index (χ1v) is 6.87.